The zero-order valence-electron chi connectivity index (χ0n) is 8.26. The summed E-state index contributed by atoms with van der Waals surface area (Å²) in [4.78, 5) is 10.7. The summed E-state index contributed by atoms with van der Waals surface area (Å²) in [5, 5.41) is 2.20. The van der Waals surface area contributed by atoms with Crippen LogP contribution >= 0.6 is 0 Å². The third kappa shape index (κ3) is 3.84. The zero-order chi connectivity index (χ0) is 12.3. The Morgan fingerprint density at radius 3 is 2.56 bits per heavy atom. The van der Waals surface area contributed by atoms with E-state index in [-0.39, 0.29) is 11.2 Å². The first-order valence-electron chi connectivity index (χ1n) is 4.21. The molecule has 1 aromatic carbocycles. The fourth-order valence-electron chi connectivity index (χ4n) is 1.04. The largest absolute Gasteiger partial charge is 0.573 e. The molecule has 0 aliphatic carbocycles. The molecule has 0 bridgehead atoms. The van der Waals surface area contributed by atoms with Crippen LogP contribution in [0.15, 0.2) is 18.2 Å². The Hall–Kier alpha value is -1.66. The van der Waals surface area contributed by atoms with Crippen molar-refractivity contribution in [3.63, 3.8) is 0 Å². The van der Waals surface area contributed by atoms with Crippen LogP contribution in [0.25, 0.3) is 0 Å². The third-order valence-electron chi connectivity index (χ3n) is 1.54. The Balaban J connectivity index is 3.03. The number of halogens is 3. The van der Waals surface area contributed by atoms with E-state index in [1.807, 2.05) is 0 Å². The lowest BCUT2D eigenvalue weighted by atomic mass is 9.96. The van der Waals surface area contributed by atoms with Gasteiger partial charge in [-0.1, -0.05) is 11.5 Å². The normalized spacial score (nSPS) is 11.0. The highest BCUT2D eigenvalue weighted by Gasteiger charge is 2.32. The molecule has 1 amide bonds. The van der Waals surface area contributed by atoms with Gasteiger partial charge in [-0.05, 0) is 12.1 Å². The SMILES string of the molecule is [B]c1ccc(NC(C)=O)c(OC(F)(F)F)c1. The molecule has 0 aliphatic rings. The fraction of sp³-hybridized carbons (Fsp3) is 0.222. The lowest BCUT2D eigenvalue weighted by molar-refractivity contribution is -0.274. The van der Waals surface area contributed by atoms with E-state index in [0.717, 1.165) is 6.07 Å². The van der Waals surface area contributed by atoms with Crippen LogP contribution in [-0.4, -0.2) is 20.1 Å². The molecule has 0 aromatic heterocycles. The van der Waals surface area contributed by atoms with Crippen LogP contribution in [0.5, 0.6) is 5.75 Å². The van der Waals surface area contributed by atoms with Crippen LogP contribution in [0.1, 0.15) is 6.92 Å². The average Bonchev–Trinajstić information content (AvgIpc) is 2.06. The van der Waals surface area contributed by atoms with Gasteiger partial charge >= 0.3 is 6.36 Å². The van der Waals surface area contributed by atoms with Gasteiger partial charge in [0.1, 0.15) is 7.85 Å². The molecule has 16 heavy (non-hydrogen) atoms. The van der Waals surface area contributed by atoms with Crippen LogP contribution in [0.4, 0.5) is 18.9 Å². The molecule has 0 saturated heterocycles. The second-order valence-corrected chi connectivity index (χ2v) is 2.98. The summed E-state index contributed by atoms with van der Waals surface area (Å²) in [7, 11) is 5.32. The standard InChI is InChI=1S/C9H7BF3NO2/c1-5(15)14-7-3-2-6(10)4-8(7)16-9(11,12)13/h2-4H,1H3,(H,14,15). The average molecular weight is 229 g/mol. The van der Waals surface area contributed by atoms with Gasteiger partial charge in [0.25, 0.3) is 0 Å². The Morgan fingerprint density at radius 1 is 1.44 bits per heavy atom. The van der Waals surface area contributed by atoms with E-state index in [4.69, 9.17) is 7.85 Å². The molecular formula is C9H7BF3NO2. The van der Waals surface area contributed by atoms with Crippen molar-refractivity contribution in [1.82, 2.24) is 0 Å². The quantitative estimate of drug-likeness (QED) is 0.777. The molecule has 0 spiro atoms. The monoisotopic (exact) mass is 229 g/mol. The van der Waals surface area contributed by atoms with Crippen molar-refractivity contribution < 1.29 is 22.7 Å². The molecule has 2 radical (unpaired) electrons. The van der Waals surface area contributed by atoms with Crippen LogP contribution in [-0.2, 0) is 4.79 Å². The van der Waals surface area contributed by atoms with Crippen molar-refractivity contribution in [2.24, 2.45) is 0 Å². The fourth-order valence-corrected chi connectivity index (χ4v) is 1.04. The predicted molar refractivity (Wildman–Crippen MR) is 52.8 cm³/mol. The summed E-state index contributed by atoms with van der Waals surface area (Å²) < 4.78 is 39.8. The smallest absolute Gasteiger partial charge is 0.404 e. The number of hydrogen-bond donors (Lipinski definition) is 1. The Bertz CT molecular complexity index is 406. The van der Waals surface area contributed by atoms with Gasteiger partial charge in [0, 0.05) is 6.92 Å². The van der Waals surface area contributed by atoms with E-state index in [2.05, 4.69) is 10.1 Å². The van der Waals surface area contributed by atoms with Gasteiger partial charge in [0.2, 0.25) is 5.91 Å². The van der Waals surface area contributed by atoms with Crippen LogP contribution in [0, 0.1) is 0 Å². The van der Waals surface area contributed by atoms with Gasteiger partial charge in [-0.3, -0.25) is 4.79 Å². The lowest BCUT2D eigenvalue weighted by Gasteiger charge is -2.14. The first-order valence-corrected chi connectivity index (χ1v) is 4.21. The van der Waals surface area contributed by atoms with E-state index in [0.29, 0.717) is 0 Å². The second-order valence-electron chi connectivity index (χ2n) is 2.98. The highest BCUT2D eigenvalue weighted by Crippen LogP contribution is 2.29. The summed E-state index contributed by atoms with van der Waals surface area (Å²) in [6, 6.07) is 3.57. The van der Waals surface area contributed by atoms with Crippen molar-refractivity contribution in [3.8, 4) is 5.75 Å². The van der Waals surface area contributed by atoms with Gasteiger partial charge < -0.3 is 10.1 Å². The minimum absolute atomic E-state index is 0.0842. The van der Waals surface area contributed by atoms with Crippen LogP contribution in [0.2, 0.25) is 0 Å². The van der Waals surface area contributed by atoms with Gasteiger partial charge in [-0.15, -0.1) is 13.2 Å². The van der Waals surface area contributed by atoms with Gasteiger partial charge in [-0.25, -0.2) is 0 Å². The van der Waals surface area contributed by atoms with Crippen molar-refractivity contribution >= 4 is 24.9 Å². The number of carbonyl (C=O) groups is 1. The van der Waals surface area contributed by atoms with Crippen molar-refractivity contribution in [2.75, 3.05) is 5.32 Å². The van der Waals surface area contributed by atoms with E-state index in [1.165, 1.54) is 19.1 Å². The molecule has 0 unspecified atom stereocenters. The summed E-state index contributed by atoms with van der Waals surface area (Å²) in [5.41, 5.74) is 0.0207. The van der Waals surface area contributed by atoms with Crippen molar-refractivity contribution in [2.45, 2.75) is 13.3 Å². The Kier molecular flexibility index (Phi) is 3.46. The maximum atomic E-state index is 12.0. The van der Waals surface area contributed by atoms with Crippen molar-refractivity contribution in [3.05, 3.63) is 18.2 Å². The second kappa shape index (κ2) is 4.46. The summed E-state index contributed by atoms with van der Waals surface area (Å²) >= 11 is 0. The summed E-state index contributed by atoms with van der Waals surface area (Å²) in [6.45, 7) is 1.17. The minimum Gasteiger partial charge on any atom is -0.404 e. The van der Waals surface area contributed by atoms with Gasteiger partial charge in [0.05, 0.1) is 5.69 Å². The van der Waals surface area contributed by atoms with E-state index in [1.54, 1.807) is 0 Å². The molecule has 0 saturated carbocycles. The molecule has 7 heteroatoms. The molecule has 1 rings (SSSR count). The first-order chi connectivity index (χ1) is 7.28. The molecule has 0 heterocycles. The molecule has 1 N–H and O–H groups in total. The van der Waals surface area contributed by atoms with Crippen molar-refractivity contribution in [1.29, 1.82) is 0 Å². The molecular weight excluding hydrogens is 222 g/mol. The number of anilines is 1. The Labute approximate surface area is 91.0 Å². The number of amides is 1. The Morgan fingerprint density at radius 2 is 2.06 bits per heavy atom. The zero-order valence-corrected chi connectivity index (χ0v) is 8.26. The maximum absolute atomic E-state index is 12.0. The minimum atomic E-state index is -4.83. The van der Waals surface area contributed by atoms with E-state index >= 15 is 0 Å². The molecule has 84 valence electrons. The predicted octanol–water partition coefficient (Wildman–Crippen LogP) is 1.34. The summed E-state index contributed by atoms with van der Waals surface area (Å²) in [5.74, 6) is -1.04. The number of rotatable bonds is 2. The third-order valence-corrected chi connectivity index (χ3v) is 1.54. The highest BCUT2D eigenvalue weighted by molar-refractivity contribution is 6.32. The topological polar surface area (TPSA) is 38.3 Å². The number of carbonyl (C=O) groups excluding carboxylic acids is 1. The van der Waals surface area contributed by atoms with Crippen LogP contribution < -0.4 is 15.5 Å². The number of benzene rings is 1. The van der Waals surface area contributed by atoms with E-state index < -0.39 is 18.0 Å². The van der Waals surface area contributed by atoms with Gasteiger partial charge in [0.15, 0.2) is 5.75 Å². The first kappa shape index (κ1) is 12.4. The van der Waals surface area contributed by atoms with Gasteiger partial charge in [-0.2, -0.15) is 0 Å². The van der Waals surface area contributed by atoms with E-state index in [9.17, 15) is 18.0 Å². The number of ether oxygens (including phenoxy) is 1. The molecule has 3 nitrogen and oxygen atoms in total. The molecule has 0 aliphatic heterocycles. The lowest BCUT2D eigenvalue weighted by Crippen LogP contribution is -2.20. The van der Waals surface area contributed by atoms with Crippen LogP contribution in [0.3, 0.4) is 0 Å². The number of nitrogens with one attached hydrogen (secondary N) is 1. The highest BCUT2D eigenvalue weighted by atomic mass is 19.4. The molecule has 0 fully saturated rings. The number of alkyl halides is 3. The molecule has 1 aromatic rings. The molecule has 0 atom stereocenters. The number of hydrogen-bond acceptors (Lipinski definition) is 2. The maximum Gasteiger partial charge on any atom is 0.573 e. The summed E-state index contributed by atoms with van der Waals surface area (Å²) in [6.07, 6.45) is -4.83.